The molecule has 8 heteroatoms. The molecule has 0 aromatic heterocycles. The van der Waals surface area contributed by atoms with Crippen LogP contribution in [0.15, 0.2) is 5.11 Å². The minimum absolute atomic E-state index is 0.595. The van der Waals surface area contributed by atoms with Crippen molar-refractivity contribution in [3.63, 3.8) is 0 Å². The first-order chi connectivity index (χ1) is 6.61. The maximum Gasteiger partial charge on any atom is 0.170 e. The molecule has 0 aromatic rings. The molecule has 0 radical (unpaired) electrons. The molecule has 0 bridgehead atoms. The highest BCUT2D eigenvalue weighted by Crippen LogP contribution is 2.24. The summed E-state index contributed by atoms with van der Waals surface area (Å²) in [5.74, 6) is 0. The molecule has 1 aliphatic heterocycles. The minimum Gasteiger partial charge on any atom is -0.394 e. The van der Waals surface area contributed by atoms with Gasteiger partial charge in [-0.3, -0.25) is 0 Å². The number of aliphatic hydroxyl groups excluding tert-OH is 3. The standard InChI is InChI=1S/C6H10FN3O4/c7-3-5(13)4(12)2(1-11)14-6(3)9-10-8/h2-6,11-13H,1H2/t2?,3?,4-,5-,6-/m1/s1/i7-1. The van der Waals surface area contributed by atoms with Crippen LogP contribution in [0, 0.1) is 0 Å². The number of halogens is 1. The third-order valence-corrected chi connectivity index (χ3v) is 1.99. The van der Waals surface area contributed by atoms with Crippen LogP contribution in [0.5, 0.6) is 0 Å². The van der Waals surface area contributed by atoms with Gasteiger partial charge in [0.2, 0.25) is 0 Å². The van der Waals surface area contributed by atoms with Crippen molar-refractivity contribution in [3.05, 3.63) is 10.4 Å². The first-order valence-corrected chi connectivity index (χ1v) is 3.92. The molecule has 3 N–H and O–H groups in total. The summed E-state index contributed by atoms with van der Waals surface area (Å²) in [6, 6.07) is 0. The molecule has 7 nitrogen and oxygen atoms in total. The van der Waals surface area contributed by atoms with E-state index >= 15 is 0 Å². The van der Waals surface area contributed by atoms with Gasteiger partial charge in [-0.05, 0) is 5.53 Å². The van der Waals surface area contributed by atoms with Crippen molar-refractivity contribution in [2.45, 2.75) is 30.7 Å². The lowest BCUT2D eigenvalue weighted by Gasteiger charge is -2.36. The molecule has 1 fully saturated rings. The molecule has 2 unspecified atom stereocenters. The summed E-state index contributed by atoms with van der Waals surface area (Å²) in [7, 11) is 0. The van der Waals surface area contributed by atoms with Crippen molar-refractivity contribution in [1.82, 2.24) is 0 Å². The maximum absolute atomic E-state index is 13.1. The first-order valence-electron chi connectivity index (χ1n) is 3.92. The topological polar surface area (TPSA) is 119 Å². The normalized spacial score (nSPS) is 43.0. The van der Waals surface area contributed by atoms with Gasteiger partial charge in [-0.25, -0.2) is 4.39 Å². The number of rotatable bonds is 2. The Bertz CT molecular complexity index is 245. The summed E-state index contributed by atoms with van der Waals surface area (Å²) >= 11 is 0. The van der Waals surface area contributed by atoms with Crippen LogP contribution in [-0.2, 0) is 4.74 Å². The van der Waals surface area contributed by atoms with Crippen LogP contribution in [0.1, 0.15) is 0 Å². The van der Waals surface area contributed by atoms with Crippen molar-refractivity contribution in [1.29, 1.82) is 0 Å². The van der Waals surface area contributed by atoms with Crippen LogP contribution < -0.4 is 0 Å². The van der Waals surface area contributed by atoms with E-state index in [1.165, 1.54) is 0 Å². The van der Waals surface area contributed by atoms with Crippen LogP contribution in [0.25, 0.3) is 10.4 Å². The van der Waals surface area contributed by atoms with E-state index in [4.69, 9.17) is 20.5 Å². The SMILES string of the molecule is [N-]=[N+]=N[C@@H]1OC(CO)[C@@H](O)[C@H](O)C1[18F]. The Kier molecular flexibility index (Phi) is 3.62. The fourth-order valence-corrected chi connectivity index (χ4v) is 1.20. The summed E-state index contributed by atoms with van der Waals surface area (Å²) in [6.07, 6.45) is -7.91. The van der Waals surface area contributed by atoms with E-state index in [9.17, 15) is 9.50 Å². The molecule has 1 heterocycles. The van der Waals surface area contributed by atoms with Crippen LogP contribution in [0.2, 0.25) is 0 Å². The average molecular weight is 206 g/mol. The Hall–Kier alpha value is -0.920. The smallest absolute Gasteiger partial charge is 0.170 e. The van der Waals surface area contributed by atoms with Gasteiger partial charge in [0.05, 0.1) is 6.61 Å². The lowest BCUT2D eigenvalue weighted by molar-refractivity contribution is -0.210. The Morgan fingerprint density at radius 3 is 2.57 bits per heavy atom. The molecule has 14 heavy (non-hydrogen) atoms. The molecule has 5 atom stereocenters. The minimum atomic E-state index is -2.00. The molecular formula is C6H10FN3O4. The second kappa shape index (κ2) is 4.54. The van der Waals surface area contributed by atoms with Crippen LogP contribution in [-0.4, -0.2) is 52.6 Å². The lowest BCUT2D eigenvalue weighted by atomic mass is 9.99. The zero-order valence-electron chi connectivity index (χ0n) is 7.06. The second-order valence-electron chi connectivity index (χ2n) is 2.88. The molecule has 80 valence electrons. The van der Waals surface area contributed by atoms with E-state index in [0.717, 1.165) is 0 Å². The summed E-state index contributed by atoms with van der Waals surface area (Å²) in [5.41, 5.74) is 8.05. The van der Waals surface area contributed by atoms with Gasteiger partial charge in [0.15, 0.2) is 12.4 Å². The molecule has 1 aliphatic rings. The molecule has 0 aliphatic carbocycles. The van der Waals surface area contributed by atoms with Crippen LogP contribution >= 0.6 is 0 Å². The predicted molar refractivity (Wildman–Crippen MR) is 41.8 cm³/mol. The number of hydrogen-bond donors (Lipinski definition) is 3. The van der Waals surface area contributed by atoms with Crippen molar-refractivity contribution < 1.29 is 24.4 Å². The van der Waals surface area contributed by atoms with Crippen LogP contribution in [0.3, 0.4) is 0 Å². The highest BCUT2D eigenvalue weighted by Gasteiger charge is 2.44. The maximum atomic E-state index is 13.1. The highest BCUT2D eigenvalue weighted by atomic mass is 18.2. The third kappa shape index (κ3) is 1.94. The molecule has 1 rings (SSSR count). The van der Waals surface area contributed by atoms with Gasteiger partial charge < -0.3 is 20.1 Å². The lowest BCUT2D eigenvalue weighted by Crippen LogP contribution is -2.56. The Labute approximate surface area is 78.4 Å². The third-order valence-electron chi connectivity index (χ3n) is 1.99. The van der Waals surface area contributed by atoms with E-state index in [1.54, 1.807) is 0 Å². The Morgan fingerprint density at radius 2 is 2.07 bits per heavy atom. The van der Waals surface area contributed by atoms with Crippen molar-refractivity contribution in [2.24, 2.45) is 5.11 Å². The molecular weight excluding hydrogens is 196 g/mol. The van der Waals surface area contributed by atoms with Gasteiger partial charge in [-0.2, -0.15) is 0 Å². The number of azide groups is 1. The average Bonchev–Trinajstić information content (AvgIpc) is 2.19. The fraction of sp³-hybridized carbons (Fsp3) is 1.00. The monoisotopic (exact) mass is 206 g/mol. The zero-order valence-corrected chi connectivity index (χ0v) is 7.06. The first kappa shape index (κ1) is 11.2. The van der Waals surface area contributed by atoms with Gasteiger partial charge in [0.25, 0.3) is 0 Å². The van der Waals surface area contributed by atoms with E-state index in [2.05, 4.69) is 10.0 Å². The fourth-order valence-electron chi connectivity index (χ4n) is 1.20. The van der Waals surface area contributed by atoms with Gasteiger partial charge in [-0.1, -0.05) is 5.11 Å². The molecule has 0 spiro atoms. The van der Waals surface area contributed by atoms with Crippen molar-refractivity contribution in [3.8, 4) is 0 Å². The van der Waals surface area contributed by atoms with Gasteiger partial charge in [0, 0.05) is 4.91 Å². The van der Waals surface area contributed by atoms with E-state index in [0.29, 0.717) is 0 Å². The van der Waals surface area contributed by atoms with E-state index < -0.39 is 37.3 Å². The van der Waals surface area contributed by atoms with Gasteiger partial charge in [-0.15, -0.1) is 0 Å². The van der Waals surface area contributed by atoms with Crippen LogP contribution in [0.4, 0.5) is 4.39 Å². The summed E-state index contributed by atoms with van der Waals surface area (Å²) in [4.78, 5) is 2.32. The number of nitrogens with zero attached hydrogens (tertiary/aromatic N) is 3. The van der Waals surface area contributed by atoms with Crippen molar-refractivity contribution >= 4 is 0 Å². The van der Waals surface area contributed by atoms with Gasteiger partial charge in [0.1, 0.15) is 18.3 Å². The number of aliphatic hydroxyl groups is 3. The van der Waals surface area contributed by atoms with Crippen molar-refractivity contribution in [2.75, 3.05) is 6.61 Å². The van der Waals surface area contributed by atoms with Gasteiger partial charge >= 0.3 is 0 Å². The largest absolute Gasteiger partial charge is 0.394 e. The number of hydrogen-bond acceptors (Lipinski definition) is 5. The number of alkyl halides is 1. The Morgan fingerprint density at radius 1 is 1.43 bits per heavy atom. The molecule has 0 aromatic carbocycles. The quantitative estimate of drug-likeness (QED) is 0.307. The molecule has 0 amide bonds. The van der Waals surface area contributed by atoms with E-state index in [1.807, 2.05) is 0 Å². The summed E-state index contributed by atoms with van der Waals surface area (Å²) in [5, 5.41) is 30.0. The Balaban J connectivity index is 2.77. The predicted octanol–water partition coefficient (Wildman–Crippen LogP) is -0.926. The summed E-state index contributed by atoms with van der Waals surface area (Å²) < 4.78 is 17.8. The molecule has 1 saturated heterocycles. The second-order valence-corrected chi connectivity index (χ2v) is 2.88. The highest BCUT2D eigenvalue weighted by molar-refractivity contribution is 4.91. The van der Waals surface area contributed by atoms with E-state index in [-0.39, 0.29) is 0 Å². The zero-order chi connectivity index (χ0) is 10.7. The summed E-state index contributed by atoms with van der Waals surface area (Å²) in [6.45, 7) is -0.595. The molecule has 0 saturated carbocycles. The number of ether oxygens (including phenoxy) is 1.